The number of methoxy groups -OCH3 is 1. The quantitative estimate of drug-likeness (QED) is 0.379. The highest BCUT2D eigenvalue weighted by atomic mass is 79.9. The van der Waals surface area contributed by atoms with E-state index in [0.717, 1.165) is 68.0 Å². The summed E-state index contributed by atoms with van der Waals surface area (Å²) in [7, 11) is 3.53. The van der Waals surface area contributed by atoms with Crippen LogP contribution in [-0.4, -0.2) is 63.8 Å². The first-order chi connectivity index (χ1) is 12.6. The van der Waals surface area contributed by atoms with Crippen LogP contribution in [0.25, 0.3) is 0 Å². The van der Waals surface area contributed by atoms with Crippen LogP contribution in [0.3, 0.4) is 0 Å². The number of benzene rings is 1. The van der Waals surface area contributed by atoms with Gasteiger partial charge in [0.15, 0.2) is 5.96 Å². The van der Waals surface area contributed by atoms with E-state index in [0.29, 0.717) is 12.5 Å². The first-order valence-electron chi connectivity index (χ1n) is 9.24. The molecule has 0 amide bonds. The third kappa shape index (κ3) is 7.21. The molecule has 0 saturated carbocycles. The van der Waals surface area contributed by atoms with Crippen LogP contribution >= 0.6 is 15.9 Å². The lowest BCUT2D eigenvalue weighted by Gasteiger charge is -2.32. The van der Waals surface area contributed by atoms with E-state index in [1.165, 1.54) is 6.07 Å². The van der Waals surface area contributed by atoms with E-state index in [1.807, 2.05) is 12.1 Å². The van der Waals surface area contributed by atoms with Gasteiger partial charge in [-0.15, -0.1) is 0 Å². The molecule has 1 fully saturated rings. The topological polar surface area (TPSA) is 48.9 Å². The molecule has 26 heavy (non-hydrogen) atoms. The largest absolute Gasteiger partial charge is 0.383 e. The van der Waals surface area contributed by atoms with Crippen molar-refractivity contribution in [3.8, 4) is 0 Å². The van der Waals surface area contributed by atoms with Crippen molar-refractivity contribution in [1.29, 1.82) is 0 Å². The Morgan fingerprint density at radius 3 is 2.81 bits per heavy atom. The van der Waals surface area contributed by atoms with Crippen LogP contribution < -0.4 is 10.6 Å². The zero-order valence-electron chi connectivity index (χ0n) is 15.7. The summed E-state index contributed by atoms with van der Waals surface area (Å²) in [6, 6.07) is 5.68. The summed E-state index contributed by atoms with van der Waals surface area (Å²) >= 11 is 3.28. The Morgan fingerprint density at radius 2 is 2.15 bits per heavy atom. The highest BCUT2D eigenvalue weighted by molar-refractivity contribution is 9.10. The maximum atomic E-state index is 13.8. The van der Waals surface area contributed by atoms with Gasteiger partial charge in [0.25, 0.3) is 0 Å². The van der Waals surface area contributed by atoms with Crippen LogP contribution in [0.2, 0.25) is 0 Å². The van der Waals surface area contributed by atoms with Crippen LogP contribution in [0.15, 0.2) is 27.7 Å². The predicted octanol–water partition coefficient (Wildman–Crippen LogP) is 2.80. The number of hydrogen-bond donors (Lipinski definition) is 2. The summed E-state index contributed by atoms with van der Waals surface area (Å²) in [5.41, 5.74) is 0.751. The van der Waals surface area contributed by atoms with Gasteiger partial charge in [0.05, 0.1) is 6.61 Å². The zero-order chi connectivity index (χ0) is 18.8. The Hall–Kier alpha value is -1.18. The number of aryl methyl sites for hydroxylation is 1. The smallest absolute Gasteiger partial charge is 0.191 e. The maximum absolute atomic E-state index is 13.8. The number of guanidine groups is 1. The maximum Gasteiger partial charge on any atom is 0.191 e. The highest BCUT2D eigenvalue weighted by Crippen LogP contribution is 2.16. The number of likely N-dealkylation sites (tertiary alicyclic amines) is 1. The minimum atomic E-state index is -0.151. The van der Waals surface area contributed by atoms with Crippen molar-refractivity contribution < 1.29 is 9.13 Å². The molecule has 1 saturated heterocycles. The van der Waals surface area contributed by atoms with E-state index in [4.69, 9.17) is 4.74 Å². The fourth-order valence-electron chi connectivity index (χ4n) is 3.12. The number of nitrogens with one attached hydrogen (secondary N) is 2. The molecule has 0 radical (unpaired) electrons. The van der Waals surface area contributed by atoms with E-state index < -0.39 is 0 Å². The van der Waals surface area contributed by atoms with Gasteiger partial charge in [0.2, 0.25) is 0 Å². The number of aliphatic imine (C=N–C) groups is 1. The van der Waals surface area contributed by atoms with Crippen molar-refractivity contribution in [2.75, 3.05) is 46.9 Å². The number of nitrogens with zero attached hydrogens (tertiary/aromatic N) is 2. The molecule has 2 N–H and O–H groups in total. The van der Waals surface area contributed by atoms with E-state index >= 15 is 0 Å². The lowest BCUT2D eigenvalue weighted by molar-refractivity contribution is 0.128. The summed E-state index contributed by atoms with van der Waals surface area (Å²) in [5, 5.41) is 6.84. The molecule has 0 atom stereocenters. The van der Waals surface area contributed by atoms with Crippen LogP contribution in [0.4, 0.5) is 4.39 Å². The molecule has 0 bridgehead atoms. The molecule has 0 aliphatic carbocycles. The number of rotatable bonds is 8. The first kappa shape index (κ1) is 21.1. The lowest BCUT2D eigenvalue weighted by atomic mass is 10.1. The third-order valence-electron chi connectivity index (χ3n) is 4.69. The Balaban J connectivity index is 1.65. The summed E-state index contributed by atoms with van der Waals surface area (Å²) in [6.07, 6.45) is 3.78. The minimum Gasteiger partial charge on any atom is -0.383 e. The lowest BCUT2D eigenvalue weighted by Crippen LogP contribution is -2.49. The number of piperidine rings is 1. The monoisotopic (exact) mass is 428 g/mol. The second-order valence-electron chi connectivity index (χ2n) is 6.59. The summed E-state index contributed by atoms with van der Waals surface area (Å²) in [4.78, 5) is 6.74. The van der Waals surface area contributed by atoms with Crippen molar-refractivity contribution in [1.82, 2.24) is 15.5 Å². The Kier molecular flexibility index (Phi) is 9.36. The van der Waals surface area contributed by atoms with Crippen molar-refractivity contribution in [3.63, 3.8) is 0 Å². The van der Waals surface area contributed by atoms with Crippen molar-refractivity contribution in [2.45, 2.75) is 31.7 Å². The Bertz CT molecular complexity index is 577. The van der Waals surface area contributed by atoms with Gasteiger partial charge in [0, 0.05) is 50.9 Å². The number of halogens is 2. The fourth-order valence-corrected chi connectivity index (χ4v) is 3.45. The normalized spacial score (nSPS) is 16.7. The van der Waals surface area contributed by atoms with Crippen LogP contribution in [0.1, 0.15) is 24.8 Å². The van der Waals surface area contributed by atoms with Gasteiger partial charge >= 0.3 is 0 Å². The van der Waals surface area contributed by atoms with Gasteiger partial charge in [0.1, 0.15) is 5.82 Å². The molecule has 5 nitrogen and oxygen atoms in total. The predicted molar refractivity (Wildman–Crippen MR) is 108 cm³/mol. The number of hydrogen-bond acceptors (Lipinski definition) is 3. The zero-order valence-corrected chi connectivity index (χ0v) is 17.3. The first-order valence-corrected chi connectivity index (χ1v) is 10.0. The van der Waals surface area contributed by atoms with Gasteiger partial charge in [-0.3, -0.25) is 4.99 Å². The second-order valence-corrected chi connectivity index (χ2v) is 7.51. The molecule has 1 aromatic rings. The van der Waals surface area contributed by atoms with Crippen LogP contribution in [0, 0.1) is 5.82 Å². The molecule has 0 aromatic heterocycles. The van der Waals surface area contributed by atoms with Gasteiger partial charge in [-0.1, -0.05) is 22.0 Å². The van der Waals surface area contributed by atoms with Gasteiger partial charge in [-0.2, -0.15) is 0 Å². The molecule has 1 aliphatic heterocycles. The molecule has 7 heteroatoms. The van der Waals surface area contributed by atoms with Crippen LogP contribution in [-0.2, 0) is 11.2 Å². The molecular formula is C19H30BrFN4O. The van der Waals surface area contributed by atoms with Gasteiger partial charge in [-0.05, 0) is 43.4 Å². The van der Waals surface area contributed by atoms with E-state index in [9.17, 15) is 4.39 Å². The van der Waals surface area contributed by atoms with Gasteiger partial charge < -0.3 is 20.3 Å². The molecule has 1 aromatic carbocycles. The Labute approximate surface area is 164 Å². The third-order valence-corrected chi connectivity index (χ3v) is 5.19. The van der Waals surface area contributed by atoms with Crippen molar-refractivity contribution >= 4 is 21.9 Å². The molecule has 0 spiro atoms. The molecule has 146 valence electrons. The number of ether oxygens (including phenoxy) is 1. The van der Waals surface area contributed by atoms with Crippen molar-refractivity contribution in [3.05, 3.63) is 34.1 Å². The minimum absolute atomic E-state index is 0.151. The fraction of sp³-hybridized carbons (Fsp3) is 0.632. The molecule has 1 aliphatic rings. The Morgan fingerprint density at radius 1 is 1.38 bits per heavy atom. The second kappa shape index (κ2) is 11.5. The molecule has 2 rings (SSSR count). The standard InChI is InChI=1S/C19H30BrFN4O/c1-22-19(24-17-7-10-25(11-8-17)12-13-26-2)23-9-3-4-15-5-6-16(20)14-18(15)21/h5-6,14,17H,3-4,7-13H2,1-2H3,(H2,22,23,24). The van der Waals surface area contributed by atoms with E-state index in [-0.39, 0.29) is 5.82 Å². The van der Waals surface area contributed by atoms with Crippen LogP contribution in [0.5, 0.6) is 0 Å². The highest BCUT2D eigenvalue weighted by Gasteiger charge is 2.19. The molecule has 1 heterocycles. The van der Waals surface area contributed by atoms with E-state index in [2.05, 4.69) is 36.5 Å². The average molecular weight is 429 g/mol. The summed E-state index contributed by atoms with van der Waals surface area (Å²) in [6.45, 7) is 4.73. The average Bonchev–Trinajstić information content (AvgIpc) is 2.65. The molecular weight excluding hydrogens is 399 g/mol. The molecule has 0 unspecified atom stereocenters. The van der Waals surface area contributed by atoms with Gasteiger partial charge in [-0.25, -0.2) is 4.39 Å². The SMILES string of the molecule is CN=C(NCCCc1ccc(Br)cc1F)NC1CCN(CCOC)CC1. The summed E-state index contributed by atoms with van der Waals surface area (Å²) in [5.74, 6) is 0.679. The van der Waals surface area contributed by atoms with Crippen molar-refractivity contribution in [2.24, 2.45) is 4.99 Å². The summed E-state index contributed by atoms with van der Waals surface area (Å²) < 4.78 is 19.7. The van der Waals surface area contributed by atoms with E-state index in [1.54, 1.807) is 14.2 Å².